The highest BCUT2D eigenvalue weighted by atomic mass is 32.2. The molecule has 0 atom stereocenters. The molecule has 2 heterocycles. The van der Waals surface area contributed by atoms with E-state index in [-0.39, 0.29) is 17.3 Å². The quantitative estimate of drug-likeness (QED) is 0.324. The van der Waals surface area contributed by atoms with E-state index in [9.17, 15) is 24.8 Å². The van der Waals surface area contributed by atoms with Crippen molar-refractivity contribution in [3.63, 3.8) is 0 Å². The van der Waals surface area contributed by atoms with Gasteiger partial charge in [-0.3, -0.25) is 30.0 Å². The molecule has 9 nitrogen and oxygen atoms in total. The average Bonchev–Trinajstić information content (AvgIpc) is 3.10. The second-order valence-corrected chi connectivity index (χ2v) is 7.72. The lowest BCUT2D eigenvalue weighted by molar-refractivity contribution is -0.385. The fourth-order valence-electron chi connectivity index (χ4n) is 2.96. The van der Waals surface area contributed by atoms with Crippen LogP contribution in [0.3, 0.4) is 0 Å². The second kappa shape index (κ2) is 8.90. The molecule has 2 aromatic carbocycles. The number of hydrogen-bond acceptors (Lipinski definition) is 8. The van der Waals surface area contributed by atoms with E-state index in [1.54, 1.807) is 12.1 Å². The summed E-state index contributed by atoms with van der Waals surface area (Å²) in [5, 5.41) is 23.5. The van der Waals surface area contributed by atoms with Crippen molar-refractivity contribution in [3.8, 4) is 22.8 Å². The van der Waals surface area contributed by atoms with Gasteiger partial charge in [0, 0.05) is 17.8 Å². The first-order valence-corrected chi connectivity index (χ1v) is 10.1. The number of nitro groups is 1. The fourth-order valence-corrected chi connectivity index (χ4v) is 3.64. The zero-order chi connectivity index (χ0) is 22.7. The molecule has 0 saturated carbocycles. The lowest BCUT2D eigenvalue weighted by Gasteiger charge is -2.11. The van der Waals surface area contributed by atoms with Crippen LogP contribution in [0.5, 0.6) is 11.5 Å². The van der Waals surface area contributed by atoms with Crippen molar-refractivity contribution in [2.75, 3.05) is 0 Å². The largest absolute Gasteiger partial charge is 0.500 e. The predicted octanol–water partition coefficient (Wildman–Crippen LogP) is 4.27. The van der Waals surface area contributed by atoms with Gasteiger partial charge < -0.3 is 9.84 Å². The number of phenolic OH excluding ortho intramolecular Hbond substituents is 1. The van der Waals surface area contributed by atoms with Crippen LogP contribution >= 0.6 is 11.8 Å². The van der Waals surface area contributed by atoms with Gasteiger partial charge in [-0.1, -0.05) is 36.4 Å². The second-order valence-electron chi connectivity index (χ2n) is 6.70. The number of amides is 2. The molecule has 2 N–H and O–H groups in total. The highest BCUT2D eigenvalue weighted by Gasteiger charge is 2.25. The fraction of sp³-hybridized carbons (Fsp3) is 0.0455. The summed E-state index contributed by atoms with van der Waals surface area (Å²) in [5.74, 6) is -1.08. The minimum atomic E-state index is -0.695. The molecule has 3 aromatic rings. The number of aromatic nitrogens is 1. The standard InChI is InChI=1S/C22H15N3O6S/c26-20-17(25(29)30)9-15(10-18(20)31-12-13-4-2-1-3-5-13)16-7-6-14(11-23-16)8-19-21(27)24-22(28)32-19/h1-11,26H,12H2,(H,24,27,28)/b19-8-. The first-order valence-electron chi connectivity index (χ1n) is 9.30. The Balaban J connectivity index is 1.63. The Morgan fingerprint density at radius 1 is 1.16 bits per heavy atom. The minimum Gasteiger partial charge on any atom is -0.500 e. The minimum absolute atomic E-state index is 0.0383. The predicted molar refractivity (Wildman–Crippen MR) is 118 cm³/mol. The van der Waals surface area contributed by atoms with Gasteiger partial charge in [0.25, 0.3) is 11.1 Å². The maximum atomic E-state index is 11.7. The van der Waals surface area contributed by atoms with Crippen molar-refractivity contribution in [1.82, 2.24) is 10.3 Å². The van der Waals surface area contributed by atoms with Crippen molar-refractivity contribution in [2.24, 2.45) is 0 Å². The van der Waals surface area contributed by atoms with E-state index >= 15 is 0 Å². The third-order valence-corrected chi connectivity index (χ3v) is 5.32. The van der Waals surface area contributed by atoms with E-state index in [1.165, 1.54) is 24.4 Å². The molecule has 1 aromatic heterocycles. The molecule has 4 rings (SSSR count). The topological polar surface area (TPSA) is 132 Å². The highest BCUT2D eigenvalue weighted by Crippen LogP contribution is 2.40. The molecule has 0 aliphatic carbocycles. The van der Waals surface area contributed by atoms with Crippen molar-refractivity contribution >= 4 is 34.7 Å². The molecule has 0 radical (unpaired) electrons. The number of phenols is 1. The molecule has 1 aliphatic heterocycles. The number of ether oxygens (including phenoxy) is 1. The summed E-state index contributed by atoms with van der Waals surface area (Å²) in [4.78, 5) is 38.2. The van der Waals surface area contributed by atoms with Gasteiger partial charge in [-0.15, -0.1) is 0 Å². The molecule has 0 spiro atoms. The Morgan fingerprint density at radius 2 is 1.94 bits per heavy atom. The molecule has 32 heavy (non-hydrogen) atoms. The van der Waals surface area contributed by atoms with Crippen LogP contribution in [0.25, 0.3) is 17.3 Å². The van der Waals surface area contributed by atoms with E-state index in [0.717, 1.165) is 17.3 Å². The van der Waals surface area contributed by atoms with Gasteiger partial charge in [-0.05, 0) is 41.1 Å². The highest BCUT2D eigenvalue weighted by molar-refractivity contribution is 8.18. The van der Waals surface area contributed by atoms with E-state index < -0.39 is 27.5 Å². The summed E-state index contributed by atoms with van der Waals surface area (Å²) in [5.41, 5.74) is 1.69. The van der Waals surface area contributed by atoms with Gasteiger partial charge in [0.15, 0.2) is 5.75 Å². The first kappa shape index (κ1) is 21.1. The molecule has 1 aliphatic rings. The van der Waals surface area contributed by atoms with Gasteiger partial charge in [0.05, 0.1) is 15.5 Å². The molecule has 160 valence electrons. The molecule has 2 amide bonds. The third-order valence-electron chi connectivity index (χ3n) is 4.51. The lowest BCUT2D eigenvalue weighted by atomic mass is 10.1. The zero-order valence-corrected chi connectivity index (χ0v) is 17.2. The number of carbonyl (C=O) groups is 2. The molecular formula is C22H15N3O6S. The summed E-state index contributed by atoms with van der Waals surface area (Å²) >= 11 is 0.796. The Morgan fingerprint density at radius 3 is 2.56 bits per heavy atom. The lowest BCUT2D eigenvalue weighted by Crippen LogP contribution is -2.17. The number of nitro benzene ring substituents is 1. The normalized spacial score (nSPS) is 14.4. The number of carbonyl (C=O) groups excluding carboxylic acids is 2. The number of aromatic hydroxyl groups is 1. The van der Waals surface area contributed by atoms with Crippen LogP contribution in [-0.4, -0.2) is 26.2 Å². The van der Waals surface area contributed by atoms with E-state index in [1.807, 2.05) is 30.3 Å². The van der Waals surface area contributed by atoms with Gasteiger partial charge >= 0.3 is 5.69 Å². The maximum absolute atomic E-state index is 11.7. The van der Waals surface area contributed by atoms with E-state index in [2.05, 4.69) is 10.3 Å². The number of nitrogens with one attached hydrogen (secondary N) is 1. The molecular weight excluding hydrogens is 434 g/mol. The summed E-state index contributed by atoms with van der Waals surface area (Å²) in [6, 6.07) is 15.2. The number of imide groups is 1. The molecule has 0 bridgehead atoms. The van der Waals surface area contributed by atoms with Crippen LogP contribution in [0, 0.1) is 10.1 Å². The van der Waals surface area contributed by atoms with Gasteiger partial charge in [0.2, 0.25) is 5.75 Å². The SMILES string of the molecule is O=C1NC(=O)/C(=C/c2ccc(-c3cc(OCc4ccccc4)c(O)c([N+](=O)[O-])c3)nc2)S1. The summed E-state index contributed by atoms with van der Waals surface area (Å²) in [6.07, 6.45) is 3.00. The number of rotatable bonds is 6. The monoisotopic (exact) mass is 449 g/mol. The first-order chi connectivity index (χ1) is 15.4. The van der Waals surface area contributed by atoms with E-state index in [4.69, 9.17) is 4.74 Å². The average molecular weight is 449 g/mol. The van der Waals surface area contributed by atoms with Crippen LogP contribution in [-0.2, 0) is 11.4 Å². The van der Waals surface area contributed by atoms with Crippen LogP contribution < -0.4 is 10.1 Å². The summed E-state index contributed by atoms with van der Waals surface area (Å²) < 4.78 is 5.64. The number of pyridine rings is 1. The number of hydrogen-bond donors (Lipinski definition) is 2. The van der Waals surface area contributed by atoms with E-state index in [0.29, 0.717) is 16.8 Å². The van der Waals surface area contributed by atoms with Crippen molar-refractivity contribution < 1.29 is 24.4 Å². The molecule has 1 fully saturated rings. The van der Waals surface area contributed by atoms with Gasteiger partial charge in [-0.2, -0.15) is 0 Å². The van der Waals surface area contributed by atoms with Gasteiger partial charge in [-0.25, -0.2) is 0 Å². The van der Waals surface area contributed by atoms with Crippen molar-refractivity contribution in [2.45, 2.75) is 6.61 Å². The Kier molecular flexibility index (Phi) is 5.86. The number of nitrogens with zero attached hydrogens (tertiary/aromatic N) is 2. The number of benzene rings is 2. The van der Waals surface area contributed by atoms with Crippen molar-refractivity contribution in [1.29, 1.82) is 0 Å². The van der Waals surface area contributed by atoms with Gasteiger partial charge in [0.1, 0.15) is 6.61 Å². The van der Waals surface area contributed by atoms with Crippen LogP contribution in [0.15, 0.2) is 65.7 Å². The van der Waals surface area contributed by atoms with Crippen LogP contribution in [0.4, 0.5) is 10.5 Å². The third kappa shape index (κ3) is 4.60. The Labute approximate surface area is 185 Å². The summed E-state index contributed by atoms with van der Waals surface area (Å²) in [6.45, 7) is 0.118. The Bertz CT molecular complexity index is 1240. The molecule has 10 heteroatoms. The summed E-state index contributed by atoms with van der Waals surface area (Å²) in [7, 11) is 0. The number of thioether (sulfide) groups is 1. The smallest absolute Gasteiger partial charge is 0.315 e. The molecule has 0 unspecified atom stereocenters. The maximum Gasteiger partial charge on any atom is 0.315 e. The van der Waals surface area contributed by atoms with Crippen LogP contribution in [0.1, 0.15) is 11.1 Å². The van der Waals surface area contributed by atoms with Crippen molar-refractivity contribution in [3.05, 3.63) is 86.9 Å². The van der Waals surface area contributed by atoms with Crippen LogP contribution in [0.2, 0.25) is 0 Å². The zero-order valence-electron chi connectivity index (χ0n) is 16.3. The Hall–Kier alpha value is -4.18. The molecule has 1 saturated heterocycles.